The first-order valence-electron chi connectivity index (χ1n) is 0.651. The summed E-state index contributed by atoms with van der Waals surface area (Å²) < 4.78 is 0. The molecule has 0 aliphatic heterocycles. The molecule has 2 radical (unpaired) electrons. The number of carboxylic acid groups (broad SMARTS) is 2. The minimum Gasteiger partial charge on any atom is -0.450 e. The predicted molar refractivity (Wildman–Crippen MR) is 24.2 cm³/mol. The van der Waals surface area contributed by atoms with Gasteiger partial charge in [-0.05, 0) is 0 Å². The van der Waals surface area contributed by atoms with Crippen LogP contribution in [0.3, 0.4) is 0 Å². The fourth-order valence-electron chi connectivity index (χ4n) is 0. The summed E-state index contributed by atoms with van der Waals surface area (Å²) in [6, 6.07) is 0. The molecular formula is CH7AlCoMnNiO4. The van der Waals surface area contributed by atoms with E-state index < -0.39 is 6.16 Å². The van der Waals surface area contributed by atoms with E-state index in [1.54, 1.807) is 0 Å². The number of hydrogen-bond acceptors (Lipinski definition) is 1. The van der Waals surface area contributed by atoms with Crippen LogP contribution in [0.5, 0.6) is 0 Å². The first kappa shape index (κ1) is 48.3. The molecule has 0 aliphatic carbocycles. The largest absolute Gasteiger partial charge is 0.503 e. The summed E-state index contributed by atoms with van der Waals surface area (Å²) in [4.78, 5) is 8.56. The second-order valence-corrected chi connectivity index (χ2v) is 0.283. The first-order valence-corrected chi connectivity index (χ1v) is 0.651. The van der Waals surface area contributed by atoms with Gasteiger partial charge >= 0.3 is 6.16 Å². The van der Waals surface area contributed by atoms with Crippen LogP contribution in [0, 0.1) is 0 Å². The summed E-state index contributed by atoms with van der Waals surface area (Å²) in [5.41, 5.74) is 0. The Bertz CT molecular complexity index is 43.5. The van der Waals surface area contributed by atoms with Crippen LogP contribution >= 0.6 is 0 Å². The molecule has 0 heterocycles. The normalized spacial score (nSPS) is 2.67. The van der Waals surface area contributed by atoms with Gasteiger partial charge in [0.15, 0.2) is 17.4 Å². The maximum Gasteiger partial charge on any atom is 0.503 e. The van der Waals surface area contributed by atoms with Crippen molar-refractivity contribution in [3.63, 3.8) is 0 Å². The average Bonchev–Trinajstić information content (AvgIpc) is 0.811. The van der Waals surface area contributed by atoms with E-state index in [1.165, 1.54) is 0 Å². The van der Waals surface area contributed by atoms with Crippen molar-refractivity contribution < 1.29 is 70.8 Å². The van der Waals surface area contributed by atoms with Crippen molar-refractivity contribution in [2.75, 3.05) is 0 Å². The van der Waals surface area contributed by atoms with E-state index in [2.05, 4.69) is 0 Å². The van der Waals surface area contributed by atoms with Gasteiger partial charge in [-0.2, -0.15) is 0 Å². The van der Waals surface area contributed by atoms with Gasteiger partial charge in [-0.15, -0.1) is 0 Å². The summed E-state index contributed by atoms with van der Waals surface area (Å²) in [6.45, 7) is 0. The molecule has 0 amide bonds. The third-order valence-corrected chi connectivity index (χ3v) is 0. The predicted octanol–water partition coefficient (Wildman–Crippen LogP) is -1.79. The van der Waals surface area contributed by atoms with Gasteiger partial charge < -0.3 is 15.7 Å². The molecule has 0 atom stereocenters. The van der Waals surface area contributed by atoms with Crippen LogP contribution in [-0.2, 0) is 50.3 Å². The van der Waals surface area contributed by atoms with Crippen LogP contribution in [0.2, 0.25) is 0 Å². The van der Waals surface area contributed by atoms with E-state index in [0.717, 1.165) is 0 Å². The molecule has 0 bridgehead atoms. The molecule has 0 rings (SSSR count). The van der Waals surface area contributed by atoms with Gasteiger partial charge in [-0.25, -0.2) is 4.79 Å². The third-order valence-electron chi connectivity index (χ3n) is 0. The fourth-order valence-corrected chi connectivity index (χ4v) is 0. The fraction of sp³-hybridized carbons (Fsp3) is 0. The van der Waals surface area contributed by atoms with Crippen molar-refractivity contribution in [2.45, 2.75) is 0 Å². The maximum absolute atomic E-state index is 8.56. The molecule has 0 aliphatic rings. The molecule has 0 fully saturated rings. The molecule has 0 unspecified atom stereocenters. The molecule has 0 aromatic heterocycles. The molecule has 0 aromatic carbocycles. The Kier molecular flexibility index (Phi) is 186. The molecule has 0 saturated heterocycles. The maximum atomic E-state index is 8.56. The zero-order chi connectivity index (χ0) is 3.58. The van der Waals surface area contributed by atoms with Crippen LogP contribution in [0.1, 0.15) is 0 Å². The molecule has 8 heteroatoms. The van der Waals surface area contributed by atoms with E-state index in [0.29, 0.717) is 0 Å². The smallest absolute Gasteiger partial charge is 0.450 e. The van der Waals surface area contributed by atoms with Crippen LogP contribution in [0.15, 0.2) is 0 Å². The molecule has 64 valence electrons. The Morgan fingerprint density at radius 2 is 1.22 bits per heavy atom. The second-order valence-electron chi connectivity index (χ2n) is 0.283. The minimum atomic E-state index is -1.83. The Balaban J connectivity index is -0.00000000450. The van der Waals surface area contributed by atoms with Crippen molar-refractivity contribution in [1.29, 1.82) is 0 Å². The Morgan fingerprint density at radius 1 is 1.22 bits per heavy atom. The van der Waals surface area contributed by atoms with Crippen LogP contribution in [-0.4, -0.2) is 39.2 Å². The van der Waals surface area contributed by atoms with E-state index in [4.69, 9.17) is 15.0 Å². The quantitative estimate of drug-likeness (QED) is 0.514. The van der Waals surface area contributed by atoms with Crippen LogP contribution in [0.4, 0.5) is 4.79 Å². The molecule has 4 N–H and O–H groups in total. The zero-order valence-electron chi connectivity index (χ0n) is 3.33. The Morgan fingerprint density at radius 3 is 1.22 bits per heavy atom. The first-order chi connectivity index (χ1) is 1.73. The van der Waals surface area contributed by atoms with Crippen molar-refractivity contribution in [2.24, 2.45) is 0 Å². The van der Waals surface area contributed by atoms with Crippen molar-refractivity contribution in [3.8, 4) is 0 Å². The number of hydrogen-bond donors (Lipinski definition) is 2. The average molecular weight is 283 g/mol. The Hall–Kier alpha value is 1.28. The topological polar surface area (TPSA) is 89.0 Å². The standard InChI is InChI=1S/CH2O3.Al.Co.Mn.Ni.H2O.3H/c2-1(3)4;;;;;;;;/h(H2,2,3,4);;;;;1H2;;;. The van der Waals surface area contributed by atoms with Gasteiger partial charge in [0.25, 0.3) is 0 Å². The van der Waals surface area contributed by atoms with E-state index in [-0.39, 0.29) is 73.2 Å². The van der Waals surface area contributed by atoms with Crippen LogP contribution in [0.25, 0.3) is 0 Å². The van der Waals surface area contributed by atoms with Gasteiger partial charge in [-0.3, -0.25) is 0 Å². The SMILES string of the molecule is O.O=C(O)O.[AlH3].[Co].[Mn].[Ni]. The van der Waals surface area contributed by atoms with Gasteiger partial charge in [0.2, 0.25) is 0 Å². The number of rotatable bonds is 0. The van der Waals surface area contributed by atoms with Gasteiger partial charge in [0.1, 0.15) is 0 Å². The summed E-state index contributed by atoms with van der Waals surface area (Å²) in [5, 5.41) is 13.9. The summed E-state index contributed by atoms with van der Waals surface area (Å²) in [5.74, 6) is 0. The van der Waals surface area contributed by atoms with Crippen molar-refractivity contribution >= 4 is 23.5 Å². The summed E-state index contributed by atoms with van der Waals surface area (Å²) in [6.07, 6.45) is -1.83. The van der Waals surface area contributed by atoms with Gasteiger partial charge in [0, 0.05) is 50.3 Å². The molecule has 0 aromatic rings. The van der Waals surface area contributed by atoms with Gasteiger partial charge in [-0.1, -0.05) is 0 Å². The Labute approximate surface area is 93.8 Å². The van der Waals surface area contributed by atoms with Gasteiger partial charge in [0.05, 0.1) is 0 Å². The molecule has 4 nitrogen and oxygen atoms in total. The molecule has 0 saturated carbocycles. The zero-order valence-corrected chi connectivity index (χ0v) is 6.54. The number of carbonyl (C=O) groups is 1. The second kappa shape index (κ2) is 34.7. The van der Waals surface area contributed by atoms with E-state index in [9.17, 15) is 0 Å². The molecule has 9 heavy (non-hydrogen) atoms. The minimum absolute atomic E-state index is 0. The molecule has 0 spiro atoms. The third kappa shape index (κ3) is 299. The summed E-state index contributed by atoms with van der Waals surface area (Å²) >= 11 is 0. The monoisotopic (exact) mass is 282 g/mol. The van der Waals surface area contributed by atoms with Crippen molar-refractivity contribution in [1.82, 2.24) is 0 Å². The van der Waals surface area contributed by atoms with Crippen LogP contribution < -0.4 is 0 Å². The summed E-state index contributed by atoms with van der Waals surface area (Å²) in [7, 11) is 0. The van der Waals surface area contributed by atoms with E-state index >= 15 is 0 Å². The molecular weight excluding hydrogens is 276 g/mol. The van der Waals surface area contributed by atoms with E-state index in [1.807, 2.05) is 0 Å². The van der Waals surface area contributed by atoms with Crippen molar-refractivity contribution in [3.05, 3.63) is 0 Å².